The Morgan fingerprint density at radius 3 is 2.79 bits per heavy atom. The van der Waals surface area contributed by atoms with Crippen LogP contribution in [0.1, 0.15) is 13.3 Å². The molecule has 0 fully saturated rings. The van der Waals surface area contributed by atoms with E-state index in [1.807, 2.05) is 0 Å². The third kappa shape index (κ3) is 3.46. The van der Waals surface area contributed by atoms with E-state index in [2.05, 4.69) is 0 Å². The number of ketones is 1. The molecule has 0 N–H and O–H groups in total. The lowest BCUT2D eigenvalue weighted by molar-refractivity contribution is -0.116. The fourth-order valence-electron chi connectivity index (χ4n) is 0.893. The monoisotopic (exact) mass is 216 g/mol. The first-order valence-corrected chi connectivity index (χ1v) is 5.15. The van der Waals surface area contributed by atoms with Crippen LogP contribution in [0.3, 0.4) is 0 Å². The lowest BCUT2D eigenvalue weighted by Crippen LogP contribution is -1.92. The maximum atomic E-state index is 13.0. The molecule has 0 heterocycles. The summed E-state index contributed by atoms with van der Waals surface area (Å²) in [5, 5.41) is 0. The summed E-state index contributed by atoms with van der Waals surface area (Å²) in [5.74, 6) is -0.374. The van der Waals surface area contributed by atoms with Gasteiger partial charge in [0.05, 0.1) is 0 Å². The summed E-state index contributed by atoms with van der Waals surface area (Å²) >= 11 is 1.15. The van der Waals surface area contributed by atoms with E-state index in [1.54, 1.807) is 0 Å². The second-order valence-electron chi connectivity index (χ2n) is 2.88. The van der Waals surface area contributed by atoms with Crippen LogP contribution in [-0.2, 0) is 4.79 Å². The van der Waals surface area contributed by atoms with Crippen molar-refractivity contribution in [2.45, 2.75) is 18.2 Å². The van der Waals surface area contributed by atoms with Gasteiger partial charge in [-0.05, 0) is 25.1 Å². The number of Topliss-reactive ketones (excluding diaryl/α,β-unsaturated/α-hetero) is 1. The van der Waals surface area contributed by atoms with E-state index < -0.39 is 11.6 Å². The second kappa shape index (κ2) is 5.10. The van der Waals surface area contributed by atoms with Crippen molar-refractivity contribution in [3.63, 3.8) is 0 Å². The molecule has 1 rings (SSSR count). The van der Waals surface area contributed by atoms with Gasteiger partial charge in [-0.3, -0.25) is 4.79 Å². The first-order chi connectivity index (χ1) is 6.59. The summed E-state index contributed by atoms with van der Waals surface area (Å²) in [4.78, 5) is 10.9. The van der Waals surface area contributed by atoms with Gasteiger partial charge in [0, 0.05) is 17.1 Å². The normalized spacial score (nSPS) is 10.2. The first-order valence-electron chi connectivity index (χ1n) is 4.17. The van der Waals surface area contributed by atoms with E-state index in [0.717, 1.165) is 30.0 Å². The van der Waals surface area contributed by atoms with Crippen molar-refractivity contribution in [1.82, 2.24) is 0 Å². The average molecular weight is 216 g/mol. The highest BCUT2D eigenvalue weighted by atomic mass is 32.2. The van der Waals surface area contributed by atoms with Crippen LogP contribution in [0.2, 0.25) is 0 Å². The molecule has 0 saturated heterocycles. The summed E-state index contributed by atoms with van der Waals surface area (Å²) < 4.78 is 25.7. The van der Waals surface area contributed by atoms with Gasteiger partial charge < -0.3 is 0 Å². The van der Waals surface area contributed by atoms with Gasteiger partial charge in [0.25, 0.3) is 0 Å². The maximum absolute atomic E-state index is 13.0. The Bertz CT molecular complexity index is 339. The fourth-order valence-corrected chi connectivity index (χ4v) is 1.90. The Labute approximate surface area is 85.5 Å². The highest BCUT2D eigenvalue weighted by Gasteiger charge is 2.04. The Hall–Kier alpha value is -0.900. The number of carbonyl (C=O) groups is 1. The maximum Gasteiger partial charge on any atom is 0.136 e. The van der Waals surface area contributed by atoms with Gasteiger partial charge in [0.15, 0.2) is 0 Å². The molecule has 14 heavy (non-hydrogen) atoms. The number of hydrogen-bond acceptors (Lipinski definition) is 2. The minimum Gasteiger partial charge on any atom is -0.300 e. The lowest BCUT2D eigenvalue weighted by atomic mass is 10.3. The van der Waals surface area contributed by atoms with Gasteiger partial charge in [-0.1, -0.05) is 0 Å². The summed E-state index contributed by atoms with van der Waals surface area (Å²) in [6, 6.07) is 3.30. The SMILES string of the molecule is CC(=O)CCSc1cc(F)ccc1F. The van der Waals surface area contributed by atoms with E-state index in [4.69, 9.17) is 0 Å². The zero-order valence-electron chi connectivity index (χ0n) is 7.72. The molecule has 0 bridgehead atoms. The highest BCUT2D eigenvalue weighted by Crippen LogP contribution is 2.23. The van der Waals surface area contributed by atoms with Crippen molar-refractivity contribution in [2.24, 2.45) is 0 Å². The summed E-state index contributed by atoms with van der Waals surface area (Å²) in [6.07, 6.45) is 0.376. The quantitative estimate of drug-likeness (QED) is 0.719. The third-order valence-corrected chi connectivity index (χ3v) is 2.64. The molecule has 0 atom stereocenters. The minimum atomic E-state index is -0.461. The topological polar surface area (TPSA) is 17.1 Å². The number of carbonyl (C=O) groups excluding carboxylic acids is 1. The number of hydrogen-bond donors (Lipinski definition) is 0. The molecule has 0 radical (unpaired) electrons. The van der Waals surface area contributed by atoms with Crippen molar-refractivity contribution in [1.29, 1.82) is 0 Å². The Morgan fingerprint density at radius 2 is 2.14 bits per heavy atom. The van der Waals surface area contributed by atoms with E-state index in [9.17, 15) is 13.6 Å². The minimum absolute atomic E-state index is 0.0503. The highest BCUT2D eigenvalue weighted by molar-refractivity contribution is 7.99. The third-order valence-electron chi connectivity index (χ3n) is 1.60. The molecule has 0 aliphatic heterocycles. The molecule has 0 unspecified atom stereocenters. The van der Waals surface area contributed by atoms with Crippen LogP contribution in [0.4, 0.5) is 8.78 Å². The fraction of sp³-hybridized carbons (Fsp3) is 0.300. The zero-order chi connectivity index (χ0) is 10.6. The van der Waals surface area contributed by atoms with Crippen LogP contribution in [0.5, 0.6) is 0 Å². The van der Waals surface area contributed by atoms with Gasteiger partial charge in [0.2, 0.25) is 0 Å². The Morgan fingerprint density at radius 1 is 1.43 bits per heavy atom. The molecular formula is C10H10F2OS. The predicted octanol–water partition coefficient (Wildman–Crippen LogP) is 3.04. The Kier molecular flexibility index (Phi) is 4.07. The number of halogens is 2. The molecule has 0 aliphatic rings. The van der Waals surface area contributed by atoms with Crippen LogP contribution < -0.4 is 0 Å². The van der Waals surface area contributed by atoms with Crippen LogP contribution >= 0.6 is 11.8 Å². The van der Waals surface area contributed by atoms with Crippen LogP contribution in [0, 0.1) is 11.6 Å². The lowest BCUT2D eigenvalue weighted by Gasteiger charge is -2.01. The zero-order valence-corrected chi connectivity index (χ0v) is 8.54. The van der Waals surface area contributed by atoms with Crippen LogP contribution in [0.25, 0.3) is 0 Å². The predicted molar refractivity (Wildman–Crippen MR) is 52.4 cm³/mol. The molecule has 76 valence electrons. The van der Waals surface area contributed by atoms with Crippen molar-refractivity contribution in [2.75, 3.05) is 5.75 Å². The molecule has 0 amide bonds. The van der Waals surface area contributed by atoms with E-state index in [0.29, 0.717) is 12.2 Å². The van der Waals surface area contributed by atoms with Crippen molar-refractivity contribution < 1.29 is 13.6 Å². The van der Waals surface area contributed by atoms with E-state index in [-0.39, 0.29) is 10.7 Å². The number of benzene rings is 1. The van der Waals surface area contributed by atoms with Gasteiger partial charge in [-0.2, -0.15) is 0 Å². The largest absolute Gasteiger partial charge is 0.300 e. The number of rotatable bonds is 4. The molecule has 0 aliphatic carbocycles. The summed E-state index contributed by atoms with van der Waals surface area (Å²) in [5.41, 5.74) is 0. The van der Waals surface area contributed by atoms with E-state index in [1.165, 1.54) is 6.92 Å². The molecule has 0 aromatic heterocycles. The number of thioether (sulfide) groups is 1. The second-order valence-corrected chi connectivity index (χ2v) is 4.01. The standard InChI is InChI=1S/C10H10F2OS/c1-7(13)4-5-14-10-6-8(11)2-3-9(10)12/h2-3,6H,4-5H2,1H3. The molecular weight excluding hydrogens is 206 g/mol. The van der Waals surface area contributed by atoms with E-state index >= 15 is 0 Å². The van der Waals surface area contributed by atoms with Crippen molar-refractivity contribution in [3.05, 3.63) is 29.8 Å². The smallest absolute Gasteiger partial charge is 0.136 e. The molecule has 1 aromatic rings. The van der Waals surface area contributed by atoms with Gasteiger partial charge in [-0.15, -0.1) is 11.8 Å². The average Bonchev–Trinajstić information content (AvgIpc) is 2.10. The molecule has 0 spiro atoms. The Balaban J connectivity index is 2.57. The van der Waals surface area contributed by atoms with Gasteiger partial charge >= 0.3 is 0 Å². The van der Waals surface area contributed by atoms with Crippen molar-refractivity contribution >= 4 is 17.5 Å². The molecule has 1 aromatic carbocycles. The van der Waals surface area contributed by atoms with Crippen LogP contribution in [0.15, 0.2) is 23.1 Å². The molecule has 0 saturated carbocycles. The molecule has 1 nitrogen and oxygen atoms in total. The van der Waals surface area contributed by atoms with Gasteiger partial charge in [-0.25, -0.2) is 8.78 Å². The van der Waals surface area contributed by atoms with Crippen LogP contribution in [-0.4, -0.2) is 11.5 Å². The van der Waals surface area contributed by atoms with Crippen molar-refractivity contribution in [3.8, 4) is 0 Å². The van der Waals surface area contributed by atoms with Gasteiger partial charge in [0.1, 0.15) is 17.4 Å². The first kappa shape index (κ1) is 11.2. The summed E-state index contributed by atoms with van der Waals surface area (Å²) in [6.45, 7) is 1.47. The summed E-state index contributed by atoms with van der Waals surface area (Å²) in [7, 11) is 0. The molecule has 4 heteroatoms.